The standard InChI is InChI=1S/C20H15BO4/c22-17-10-9-12-5-1-3-7-14(12)18(17)19-15-8-4-2-6-13(15)11-16(20(19)23)21(24)25/h1-11,22-25H. The van der Waals surface area contributed by atoms with Crippen molar-refractivity contribution < 1.29 is 20.3 Å². The van der Waals surface area contributed by atoms with Gasteiger partial charge in [0.1, 0.15) is 11.5 Å². The molecule has 0 bridgehead atoms. The van der Waals surface area contributed by atoms with Gasteiger partial charge < -0.3 is 20.3 Å². The van der Waals surface area contributed by atoms with Crippen LogP contribution in [0, 0.1) is 0 Å². The predicted molar refractivity (Wildman–Crippen MR) is 100 cm³/mol. The van der Waals surface area contributed by atoms with Crippen LogP contribution >= 0.6 is 0 Å². The minimum atomic E-state index is -1.82. The van der Waals surface area contributed by atoms with Crippen LogP contribution in [-0.2, 0) is 0 Å². The molecule has 0 aliphatic heterocycles. The molecule has 0 aliphatic rings. The van der Waals surface area contributed by atoms with E-state index >= 15 is 0 Å². The molecule has 0 unspecified atom stereocenters. The van der Waals surface area contributed by atoms with E-state index in [0.717, 1.165) is 21.5 Å². The van der Waals surface area contributed by atoms with Crippen molar-refractivity contribution in [1.82, 2.24) is 0 Å². The second kappa shape index (κ2) is 5.81. The molecular formula is C20H15BO4. The molecule has 0 radical (unpaired) electrons. The Morgan fingerprint density at radius 3 is 1.92 bits per heavy atom. The Labute approximate surface area is 144 Å². The normalized spacial score (nSPS) is 11.1. The highest BCUT2D eigenvalue weighted by Crippen LogP contribution is 2.43. The van der Waals surface area contributed by atoms with E-state index < -0.39 is 7.12 Å². The summed E-state index contributed by atoms with van der Waals surface area (Å²) in [6, 6.07) is 19.8. The number of rotatable bonds is 2. The lowest BCUT2D eigenvalue weighted by Gasteiger charge is -2.16. The van der Waals surface area contributed by atoms with Gasteiger partial charge in [-0.2, -0.15) is 0 Å². The van der Waals surface area contributed by atoms with Crippen molar-refractivity contribution in [3.8, 4) is 22.6 Å². The maximum Gasteiger partial charge on any atom is 0.492 e. The van der Waals surface area contributed by atoms with Crippen molar-refractivity contribution in [2.75, 3.05) is 0 Å². The molecule has 0 heterocycles. The second-order valence-corrected chi connectivity index (χ2v) is 5.97. The number of phenols is 2. The SMILES string of the molecule is OB(O)c1cc2ccccc2c(-c2c(O)ccc3ccccc23)c1O. The molecule has 0 aromatic heterocycles. The van der Waals surface area contributed by atoms with Crippen molar-refractivity contribution in [2.24, 2.45) is 0 Å². The van der Waals surface area contributed by atoms with Gasteiger partial charge in [0.05, 0.1) is 0 Å². The number of phenolic OH excluding ortho intramolecular Hbond substituents is 2. The zero-order valence-corrected chi connectivity index (χ0v) is 13.2. The Morgan fingerprint density at radius 1 is 0.640 bits per heavy atom. The Balaban J connectivity index is 2.22. The summed E-state index contributed by atoms with van der Waals surface area (Å²) in [5.74, 6) is -0.232. The van der Waals surface area contributed by atoms with Gasteiger partial charge in [0.2, 0.25) is 0 Å². The van der Waals surface area contributed by atoms with Crippen LogP contribution in [0.15, 0.2) is 66.7 Å². The molecule has 0 aliphatic carbocycles. The van der Waals surface area contributed by atoms with Crippen LogP contribution in [0.2, 0.25) is 0 Å². The highest BCUT2D eigenvalue weighted by molar-refractivity contribution is 6.60. The lowest BCUT2D eigenvalue weighted by atomic mass is 9.76. The summed E-state index contributed by atoms with van der Waals surface area (Å²) in [4.78, 5) is 0. The van der Waals surface area contributed by atoms with Crippen LogP contribution in [0.25, 0.3) is 32.7 Å². The molecule has 0 saturated heterocycles. The summed E-state index contributed by atoms with van der Waals surface area (Å²) in [5, 5.41) is 43.7. The molecule has 4 aromatic carbocycles. The summed E-state index contributed by atoms with van der Waals surface area (Å²) in [6.45, 7) is 0. The molecule has 4 nitrogen and oxygen atoms in total. The lowest BCUT2D eigenvalue weighted by Crippen LogP contribution is -2.30. The van der Waals surface area contributed by atoms with Crippen LogP contribution in [0.4, 0.5) is 0 Å². The minimum Gasteiger partial charge on any atom is -0.508 e. The van der Waals surface area contributed by atoms with Gasteiger partial charge in [-0.3, -0.25) is 0 Å². The van der Waals surface area contributed by atoms with Crippen molar-refractivity contribution in [1.29, 1.82) is 0 Å². The van der Waals surface area contributed by atoms with Crippen LogP contribution in [-0.4, -0.2) is 27.4 Å². The Morgan fingerprint density at radius 2 is 1.24 bits per heavy atom. The summed E-state index contributed by atoms with van der Waals surface area (Å²) in [7, 11) is -1.82. The molecule has 4 N–H and O–H groups in total. The van der Waals surface area contributed by atoms with Crippen LogP contribution in [0.1, 0.15) is 0 Å². The summed E-state index contributed by atoms with van der Waals surface area (Å²) in [5.41, 5.74) is 0.853. The van der Waals surface area contributed by atoms with Crippen molar-refractivity contribution in [3.05, 3.63) is 66.7 Å². The van der Waals surface area contributed by atoms with Gasteiger partial charge in [0.25, 0.3) is 0 Å². The molecule has 4 rings (SSSR count). The fraction of sp³-hybridized carbons (Fsp3) is 0. The first-order valence-corrected chi connectivity index (χ1v) is 7.90. The van der Waals surface area contributed by atoms with Gasteiger partial charge in [0.15, 0.2) is 0 Å². The van der Waals surface area contributed by atoms with Gasteiger partial charge in [-0.1, -0.05) is 60.7 Å². The summed E-state index contributed by atoms with van der Waals surface area (Å²) < 4.78 is 0. The largest absolute Gasteiger partial charge is 0.508 e. The van der Waals surface area contributed by atoms with Gasteiger partial charge in [-0.15, -0.1) is 0 Å². The quantitative estimate of drug-likeness (QED) is 0.426. The number of hydrogen-bond donors (Lipinski definition) is 4. The fourth-order valence-electron chi connectivity index (χ4n) is 3.33. The first-order valence-electron chi connectivity index (χ1n) is 7.90. The third kappa shape index (κ3) is 2.41. The van der Waals surface area contributed by atoms with Crippen molar-refractivity contribution >= 4 is 34.1 Å². The molecule has 25 heavy (non-hydrogen) atoms. The van der Waals surface area contributed by atoms with Crippen LogP contribution in [0.5, 0.6) is 11.5 Å². The topological polar surface area (TPSA) is 80.9 Å². The highest BCUT2D eigenvalue weighted by atomic mass is 16.4. The summed E-state index contributed by atoms with van der Waals surface area (Å²) in [6.07, 6.45) is 0. The predicted octanol–water partition coefficient (Wildman–Crippen LogP) is 2.75. The second-order valence-electron chi connectivity index (χ2n) is 5.97. The molecule has 0 fully saturated rings. The first-order chi connectivity index (χ1) is 12.1. The van der Waals surface area contributed by atoms with E-state index in [4.69, 9.17) is 0 Å². The molecule has 0 saturated carbocycles. The van der Waals surface area contributed by atoms with E-state index in [1.807, 2.05) is 48.5 Å². The monoisotopic (exact) mass is 330 g/mol. The van der Waals surface area contributed by atoms with Crippen LogP contribution < -0.4 is 5.46 Å². The third-order valence-corrected chi connectivity index (χ3v) is 4.49. The average molecular weight is 330 g/mol. The van der Waals surface area contributed by atoms with Gasteiger partial charge >= 0.3 is 7.12 Å². The average Bonchev–Trinajstić information content (AvgIpc) is 2.62. The number of benzene rings is 4. The zero-order valence-electron chi connectivity index (χ0n) is 13.2. The maximum atomic E-state index is 10.8. The zero-order chi connectivity index (χ0) is 17.6. The minimum absolute atomic E-state index is 0.000958. The third-order valence-electron chi connectivity index (χ3n) is 4.49. The van der Waals surface area contributed by atoms with E-state index in [-0.39, 0.29) is 17.0 Å². The molecular weight excluding hydrogens is 315 g/mol. The Bertz CT molecular complexity index is 1110. The lowest BCUT2D eigenvalue weighted by molar-refractivity contribution is 0.420. The molecule has 122 valence electrons. The van der Waals surface area contributed by atoms with Gasteiger partial charge in [-0.25, -0.2) is 0 Å². The van der Waals surface area contributed by atoms with E-state index in [0.29, 0.717) is 11.1 Å². The van der Waals surface area contributed by atoms with E-state index in [2.05, 4.69) is 0 Å². The van der Waals surface area contributed by atoms with Gasteiger partial charge in [-0.05, 0) is 27.6 Å². The van der Waals surface area contributed by atoms with Gasteiger partial charge in [0, 0.05) is 16.6 Å². The van der Waals surface area contributed by atoms with Crippen molar-refractivity contribution in [2.45, 2.75) is 0 Å². The smallest absolute Gasteiger partial charge is 0.492 e. The number of aromatic hydroxyl groups is 2. The molecule has 0 amide bonds. The molecule has 0 atom stereocenters. The summed E-state index contributed by atoms with van der Waals surface area (Å²) >= 11 is 0. The van der Waals surface area contributed by atoms with E-state index in [1.54, 1.807) is 18.2 Å². The fourth-order valence-corrected chi connectivity index (χ4v) is 3.33. The first kappa shape index (κ1) is 15.5. The highest BCUT2D eigenvalue weighted by Gasteiger charge is 2.24. The molecule has 4 aromatic rings. The Hall–Kier alpha value is -3.02. The van der Waals surface area contributed by atoms with Crippen molar-refractivity contribution in [3.63, 3.8) is 0 Å². The van der Waals surface area contributed by atoms with E-state index in [9.17, 15) is 20.3 Å². The van der Waals surface area contributed by atoms with E-state index in [1.165, 1.54) is 0 Å². The van der Waals surface area contributed by atoms with Crippen LogP contribution in [0.3, 0.4) is 0 Å². The Kier molecular flexibility index (Phi) is 3.60. The molecule has 5 heteroatoms. The maximum absolute atomic E-state index is 10.8. The number of hydrogen-bond acceptors (Lipinski definition) is 4. The number of fused-ring (bicyclic) bond motifs is 2. The molecule has 0 spiro atoms.